The molecule has 4 aliphatic rings. The van der Waals surface area contributed by atoms with Crippen molar-refractivity contribution in [3.05, 3.63) is 47.6 Å². The van der Waals surface area contributed by atoms with Crippen molar-refractivity contribution in [3.8, 4) is 0 Å². The van der Waals surface area contributed by atoms with Crippen molar-refractivity contribution in [2.45, 2.75) is 179 Å². The number of rotatable bonds is 9. The van der Waals surface area contributed by atoms with Crippen molar-refractivity contribution in [2.24, 2.45) is 35.5 Å². The van der Waals surface area contributed by atoms with Crippen LogP contribution in [-0.4, -0.2) is 138 Å². The zero-order valence-corrected chi connectivity index (χ0v) is 44.8. The highest BCUT2D eigenvalue weighted by Gasteiger charge is 2.53. The Labute approximate surface area is 416 Å². The van der Waals surface area contributed by atoms with Crippen LogP contribution in [0.5, 0.6) is 0 Å². The lowest BCUT2D eigenvalue weighted by Gasteiger charge is -2.42. The lowest BCUT2D eigenvalue weighted by molar-refractivity contribution is -0.265. The van der Waals surface area contributed by atoms with Crippen LogP contribution >= 0.6 is 19.6 Å². The predicted octanol–water partition coefficient (Wildman–Crippen LogP) is 8.34. The third kappa shape index (κ3) is 16.3. The molecule has 16 atom stereocenters. The number of methoxy groups -OCH3 is 3. The molecule has 0 aromatic rings. The van der Waals surface area contributed by atoms with Gasteiger partial charge in [0, 0.05) is 63.7 Å². The van der Waals surface area contributed by atoms with Crippen molar-refractivity contribution in [3.63, 3.8) is 0 Å². The number of hydrogen-bond acceptors (Lipinski definition) is 14. The summed E-state index contributed by atoms with van der Waals surface area (Å²) in [6, 6.07) is -1.14. The number of nitrogens with zero attached hydrogens (tertiary/aromatic N) is 1. The van der Waals surface area contributed by atoms with Gasteiger partial charge in [-0.15, -0.1) is 11.8 Å². The van der Waals surface area contributed by atoms with Crippen LogP contribution < -0.4 is 0 Å². The standard InChI is InChI=1S/C53H83NO13PS/c1-32-17-13-12-14-18-33(2)43(63-8)29-40-22-20-38(7)53(61,67-40)50(58)51(59)54-24-16-15-19-41(54)52(60)66-44(35(4)27-39-21-23-46(45(28-39)64-9)69-31-68(11)62)30-42(55)34(3)26-37(6)48(57)49(65-10)47(56)36(5)25-32/h12-14,17-18,26,32,34-36,38-41,43-46,48-49,57,61H,15-16,19-25,27-31H2,1-11H3/q+1/b14-12?,17-13+,33-18?,37-26+/t32-,34-,35-,36-,38-,39+,40+,41+,43+,44+,45-,46?,48-,49+,53-/m1/s1. The molecule has 14 nitrogen and oxygen atoms in total. The van der Waals surface area contributed by atoms with E-state index in [-0.39, 0.29) is 60.1 Å². The van der Waals surface area contributed by atoms with E-state index in [9.17, 15) is 38.8 Å². The second kappa shape index (κ2) is 27.8. The van der Waals surface area contributed by atoms with E-state index in [1.54, 1.807) is 59.5 Å². The van der Waals surface area contributed by atoms with Gasteiger partial charge in [-0.2, -0.15) is 0 Å². The van der Waals surface area contributed by atoms with Gasteiger partial charge >= 0.3 is 13.8 Å². The molecule has 3 aliphatic heterocycles. The SMILES string of the molecule is CO[C@H]1C[C@@H]2CC[C@@H](C)[C@@](O)(O2)C(=O)C(=O)N2CCCC[C@H]2C(=O)O[C@H]([C@H](C)C[C@@H]2CCC(SC[P+](C)=O)[C@H](OC)C2)CC(=O)[C@H](C)/C=C(\C)[C@@H](O)[C@@H](OC)C(=O)[C@H](C)C[C@H](C)/C=C/C=CC=C1C. The lowest BCUT2D eigenvalue weighted by Crippen LogP contribution is -2.61. The zero-order chi connectivity index (χ0) is 51.2. The van der Waals surface area contributed by atoms with Crippen molar-refractivity contribution < 1.29 is 62.4 Å². The Bertz CT molecular complexity index is 1900. The number of amides is 1. The summed E-state index contributed by atoms with van der Waals surface area (Å²) in [5, 5.41) is 23.7. The summed E-state index contributed by atoms with van der Waals surface area (Å²) in [6.07, 6.45) is 12.8. The third-order valence-electron chi connectivity index (χ3n) is 14.9. The number of thioether (sulfide) groups is 1. The van der Waals surface area contributed by atoms with Crippen LogP contribution in [0.15, 0.2) is 47.6 Å². The molecule has 388 valence electrons. The molecule has 0 aromatic carbocycles. The van der Waals surface area contributed by atoms with Gasteiger partial charge in [0.2, 0.25) is 5.79 Å². The van der Waals surface area contributed by atoms with E-state index in [4.69, 9.17) is 23.7 Å². The molecular weight excluding hydrogens is 922 g/mol. The van der Waals surface area contributed by atoms with Gasteiger partial charge in [-0.25, -0.2) is 4.79 Å². The highest BCUT2D eigenvalue weighted by molar-refractivity contribution is 8.04. The number of Topliss-reactive ketones (excluding diaryl/α,β-unsaturated/α-hetero) is 3. The minimum atomic E-state index is -2.43. The molecule has 4 rings (SSSR count). The molecule has 2 unspecified atom stereocenters. The average molecular weight is 1010 g/mol. The molecule has 0 aromatic heterocycles. The van der Waals surface area contributed by atoms with E-state index in [1.165, 1.54) is 12.0 Å². The van der Waals surface area contributed by atoms with Crippen LogP contribution in [0.1, 0.15) is 126 Å². The second-order valence-corrected chi connectivity index (χ2v) is 23.7. The summed E-state index contributed by atoms with van der Waals surface area (Å²) in [5.41, 5.74) is 1.83. The van der Waals surface area contributed by atoms with Crippen LogP contribution in [0.4, 0.5) is 0 Å². The number of esters is 1. The Morgan fingerprint density at radius 3 is 2.29 bits per heavy atom. The molecule has 0 spiro atoms. The normalized spacial score (nSPS) is 37.8. The van der Waals surface area contributed by atoms with Crippen LogP contribution in [-0.2, 0) is 52.2 Å². The Morgan fingerprint density at radius 1 is 0.899 bits per heavy atom. The first-order valence-corrected chi connectivity index (χ1v) is 28.1. The van der Waals surface area contributed by atoms with Crippen molar-refractivity contribution in [1.29, 1.82) is 0 Å². The predicted molar refractivity (Wildman–Crippen MR) is 269 cm³/mol. The van der Waals surface area contributed by atoms with E-state index >= 15 is 0 Å². The van der Waals surface area contributed by atoms with Gasteiger partial charge in [0.1, 0.15) is 36.8 Å². The topological polar surface area (TPSA) is 192 Å². The maximum atomic E-state index is 14.5. The van der Waals surface area contributed by atoms with Gasteiger partial charge in [0.25, 0.3) is 11.7 Å². The van der Waals surface area contributed by atoms with Crippen molar-refractivity contribution in [1.82, 2.24) is 4.90 Å². The molecule has 2 N–H and O–H groups in total. The van der Waals surface area contributed by atoms with E-state index in [2.05, 4.69) is 0 Å². The number of carbonyl (C=O) groups excluding carboxylic acids is 5. The minimum absolute atomic E-state index is 0.0179. The first-order valence-electron chi connectivity index (χ1n) is 25.1. The van der Waals surface area contributed by atoms with E-state index in [0.717, 1.165) is 24.8 Å². The molecule has 0 radical (unpaired) electrons. The van der Waals surface area contributed by atoms with Gasteiger partial charge in [0.15, 0.2) is 11.3 Å². The molecule has 1 saturated carbocycles. The fraction of sp³-hybridized carbons (Fsp3) is 0.755. The number of aliphatic hydroxyl groups excluding tert-OH is 1. The Hall–Kier alpha value is -2.88. The van der Waals surface area contributed by atoms with Gasteiger partial charge < -0.3 is 38.8 Å². The Balaban J connectivity index is 1.70. The van der Waals surface area contributed by atoms with Crippen LogP contribution in [0.2, 0.25) is 0 Å². The van der Waals surface area contributed by atoms with E-state index in [1.807, 2.05) is 58.1 Å². The minimum Gasteiger partial charge on any atom is -0.460 e. The quantitative estimate of drug-likeness (QED) is 0.0969. The largest absolute Gasteiger partial charge is 0.460 e. The summed E-state index contributed by atoms with van der Waals surface area (Å²) >= 11 is 1.67. The number of cyclic esters (lactones) is 1. The molecular formula is C53H83NO13PS+. The highest BCUT2D eigenvalue weighted by atomic mass is 32.2. The van der Waals surface area contributed by atoms with E-state index < -0.39 is 85.6 Å². The maximum absolute atomic E-state index is 14.5. The van der Waals surface area contributed by atoms with E-state index in [0.29, 0.717) is 56.0 Å². The molecule has 2 bridgehead atoms. The summed E-state index contributed by atoms with van der Waals surface area (Å²) < 4.78 is 41.8. The fourth-order valence-corrected chi connectivity index (χ4v) is 12.8. The van der Waals surface area contributed by atoms with Gasteiger partial charge in [-0.1, -0.05) is 75.6 Å². The van der Waals surface area contributed by atoms with Crippen LogP contribution in [0, 0.1) is 35.5 Å². The molecule has 2 saturated heterocycles. The number of ether oxygens (including phenoxy) is 5. The summed E-state index contributed by atoms with van der Waals surface area (Å²) in [6.45, 7) is 14.6. The number of carbonyl (C=O) groups is 5. The van der Waals surface area contributed by atoms with Crippen LogP contribution in [0.25, 0.3) is 0 Å². The third-order valence-corrected chi connectivity index (χ3v) is 17.9. The first-order chi connectivity index (χ1) is 32.6. The Kier molecular flexibility index (Phi) is 23.7. The first kappa shape index (κ1) is 58.7. The number of hydrogen-bond donors (Lipinski definition) is 2. The zero-order valence-electron chi connectivity index (χ0n) is 43.1. The molecule has 16 heteroatoms. The molecule has 1 aliphatic carbocycles. The van der Waals surface area contributed by atoms with Crippen molar-refractivity contribution in [2.75, 3.05) is 40.0 Å². The number of allylic oxidation sites excluding steroid dienone is 6. The highest BCUT2D eigenvalue weighted by Crippen LogP contribution is 2.41. The van der Waals surface area contributed by atoms with Gasteiger partial charge in [-0.05, 0) is 107 Å². The lowest BCUT2D eigenvalue weighted by atomic mass is 9.79. The fourth-order valence-electron chi connectivity index (χ4n) is 10.5. The summed E-state index contributed by atoms with van der Waals surface area (Å²) in [7, 11) is 3.36. The van der Waals surface area contributed by atoms with Crippen LogP contribution in [0.3, 0.4) is 0 Å². The number of piperidine rings is 1. The summed E-state index contributed by atoms with van der Waals surface area (Å²) in [4.78, 5) is 72.3. The van der Waals surface area contributed by atoms with Crippen molar-refractivity contribution >= 4 is 48.8 Å². The monoisotopic (exact) mass is 1000 g/mol. The maximum Gasteiger partial charge on any atom is 0.346 e. The number of fused-ring (bicyclic) bond motifs is 3. The molecule has 69 heavy (non-hydrogen) atoms. The molecule has 3 heterocycles. The van der Waals surface area contributed by atoms with Gasteiger partial charge in [0.05, 0.1) is 18.3 Å². The summed E-state index contributed by atoms with van der Waals surface area (Å²) in [5.74, 6) is -7.83. The average Bonchev–Trinajstić information content (AvgIpc) is 3.32. The molecule has 1 amide bonds. The van der Waals surface area contributed by atoms with Gasteiger partial charge in [-0.3, -0.25) is 19.2 Å². The molecule has 3 fully saturated rings. The smallest absolute Gasteiger partial charge is 0.346 e. The number of aliphatic hydroxyl groups is 2. The number of ketones is 3. The Morgan fingerprint density at radius 2 is 1.62 bits per heavy atom. The second-order valence-electron chi connectivity index (χ2n) is 20.5.